The molecular weight excluding hydrogens is 420 g/mol. The Morgan fingerprint density at radius 2 is 1.65 bits per heavy atom. The van der Waals surface area contributed by atoms with E-state index in [9.17, 15) is 4.79 Å². The molecule has 1 aliphatic carbocycles. The molecule has 0 spiro atoms. The largest absolute Gasteiger partial charge is 0.398 e. The van der Waals surface area contributed by atoms with Gasteiger partial charge in [0.2, 0.25) is 5.91 Å². The highest BCUT2D eigenvalue weighted by Crippen LogP contribution is 2.47. The van der Waals surface area contributed by atoms with E-state index < -0.39 is 0 Å². The Labute approximate surface area is 205 Å². The van der Waals surface area contributed by atoms with Gasteiger partial charge < -0.3 is 21.3 Å². The van der Waals surface area contributed by atoms with Gasteiger partial charge in [0.1, 0.15) is 6.04 Å². The van der Waals surface area contributed by atoms with Crippen LogP contribution in [0.25, 0.3) is 0 Å². The maximum Gasteiger partial charge on any atom is 0.242 e. The minimum absolute atomic E-state index is 0.109. The molecule has 1 aliphatic heterocycles. The summed E-state index contributed by atoms with van der Waals surface area (Å²) in [4.78, 5) is 15.8. The van der Waals surface area contributed by atoms with Gasteiger partial charge in [-0.1, -0.05) is 37.3 Å². The standard InChI is InChI=1S/C29H42N4O/c1-6-26(32-28-20(4)18(2)27(30)19(3)21(28)5)29(34)31-24-12-14-33(15-13-24)17-23-16-25(23)22-10-8-7-9-11-22/h7-11,23-26,32H,6,12-17,30H2,1-5H3,(H,31,34). The summed E-state index contributed by atoms with van der Waals surface area (Å²) in [6.45, 7) is 13.7. The van der Waals surface area contributed by atoms with E-state index in [2.05, 4.69) is 80.5 Å². The Morgan fingerprint density at radius 1 is 1.03 bits per heavy atom. The lowest BCUT2D eigenvalue weighted by Crippen LogP contribution is -2.49. The average Bonchev–Trinajstić information content (AvgIpc) is 3.62. The molecule has 5 nitrogen and oxygen atoms in total. The van der Waals surface area contributed by atoms with E-state index in [1.54, 1.807) is 0 Å². The van der Waals surface area contributed by atoms with Crippen LogP contribution in [0.15, 0.2) is 30.3 Å². The number of benzene rings is 2. The molecule has 4 N–H and O–H groups in total. The van der Waals surface area contributed by atoms with Gasteiger partial charge in [0.15, 0.2) is 0 Å². The molecule has 34 heavy (non-hydrogen) atoms. The summed E-state index contributed by atoms with van der Waals surface area (Å²) in [7, 11) is 0. The summed E-state index contributed by atoms with van der Waals surface area (Å²) >= 11 is 0. The van der Waals surface area contributed by atoms with Crippen molar-refractivity contribution in [2.75, 3.05) is 30.7 Å². The predicted molar refractivity (Wildman–Crippen MR) is 142 cm³/mol. The van der Waals surface area contributed by atoms with E-state index in [0.29, 0.717) is 0 Å². The summed E-state index contributed by atoms with van der Waals surface area (Å²) < 4.78 is 0. The van der Waals surface area contributed by atoms with Crippen LogP contribution in [0.2, 0.25) is 0 Å². The molecule has 0 aromatic heterocycles. The van der Waals surface area contributed by atoms with Crippen molar-refractivity contribution in [1.82, 2.24) is 10.2 Å². The smallest absolute Gasteiger partial charge is 0.242 e. The number of carbonyl (C=O) groups excluding carboxylic acids is 1. The normalized spacial score (nSPS) is 21.8. The van der Waals surface area contributed by atoms with Crippen molar-refractivity contribution >= 4 is 17.3 Å². The molecule has 5 heteroatoms. The van der Waals surface area contributed by atoms with E-state index in [1.807, 2.05) is 0 Å². The molecular formula is C29H42N4O. The summed E-state index contributed by atoms with van der Waals surface area (Å²) in [5, 5.41) is 6.89. The van der Waals surface area contributed by atoms with Gasteiger partial charge in [0, 0.05) is 37.1 Å². The number of rotatable bonds is 8. The van der Waals surface area contributed by atoms with Crippen LogP contribution in [-0.4, -0.2) is 42.5 Å². The third-order valence-electron chi connectivity index (χ3n) is 8.30. The average molecular weight is 463 g/mol. The molecule has 1 heterocycles. The Kier molecular flexibility index (Phi) is 7.51. The first-order chi connectivity index (χ1) is 16.3. The number of nitrogens with one attached hydrogen (secondary N) is 2. The highest BCUT2D eigenvalue weighted by molar-refractivity contribution is 5.86. The molecule has 1 saturated carbocycles. The lowest BCUT2D eigenvalue weighted by molar-refractivity contribution is -0.122. The van der Waals surface area contributed by atoms with Gasteiger partial charge in [0.25, 0.3) is 0 Å². The second-order valence-corrected chi connectivity index (χ2v) is 10.5. The predicted octanol–water partition coefficient (Wildman–Crippen LogP) is 5.08. The van der Waals surface area contributed by atoms with Gasteiger partial charge >= 0.3 is 0 Å². The molecule has 0 radical (unpaired) electrons. The second-order valence-electron chi connectivity index (χ2n) is 10.5. The van der Waals surface area contributed by atoms with Crippen LogP contribution in [-0.2, 0) is 4.79 Å². The van der Waals surface area contributed by atoms with Gasteiger partial charge in [-0.2, -0.15) is 0 Å². The number of anilines is 2. The van der Waals surface area contributed by atoms with Crippen molar-refractivity contribution in [3.63, 3.8) is 0 Å². The molecule has 3 atom stereocenters. The zero-order valence-electron chi connectivity index (χ0n) is 21.6. The Hall–Kier alpha value is -2.53. The van der Waals surface area contributed by atoms with Gasteiger partial charge in [0.05, 0.1) is 0 Å². The second kappa shape index (κ2) is 10.4. The number of likely N-dealkylation sites (tertiary alicyclic amines) is 1. The number of nitrogen functional groups attached to an aromatic ring is 1. The van der Waals surface area contributed by atoms with E-state index >= 15 is 0 Å². The number of nitrogens with zero attached hydrogens (tertiary/aromatic N) is 1. The third-order valence-corrected chi connectivity index (χ3v) is 8.30. The summed E-state index contributed by atoms with van der Waals surface area (Å²) in [6.07, 6.45) is 4.12. The quantitative estimate of drug-likeness (QED) is 0.479. The Balaban J connectivity index is 1.27. The Morgan fingerprint density at radius 3 is 2.24 bits per heavy atom. The topological polar surface area (TPSA) is 70.4 Å². The minimum Gasteiger partial charge on any atom is -0.398 e. The highest BCUT2D eigenvalue weighted by Gasteiger charge is 2.39. The lowest BCUT2D eigenvalue weighted by atomic mass is 9.95. The van der Waals surface area contributed by atoms with Crippen molar-refractivity contribution < 1.29 is 4.79 Å². The van der Waals surface area contributed by atoms with Crippen molar-refractivity contribution in [2.45, 2.75) is 78.3 Å². The van der Waals surface area contributed by atoms with E-state index in [0.717, 1.165) is 77.8 Å². The van der Waals surface area contributed by atoms with Crippen molar-refractivity contribution in [2.24, 2.45) is 5.92 Å². The first-order valence-electron chi connectivity index (χ1n) is 13.0. The minimum atomic E-state index is -0.240. The van der Waals surface area contributed by atoms with Crippen molar-refractivity contribution in [3.05, 3.63) is 58.1 Å². The monoisotopic (exact) mass is 462 g/mol. The molecule has 1 amide bonds. The zero-order chi connectivity index (χ0) is 24.4. The SMILES string of the molecule is CCC(Nc1c(C)c(C)c(N)c(C)c1C)C(=O)NC1CCN(CC2CC2c2ccccc2)CC1. The van der Waals surface area contributed by atoms with Crippen molar-refractivity contribution in [1.29, 1.82) is 0 Å². The van der Waals surface area contributed by atoms with Crippen LogP contribution in [0.1, 0.15) is 66.3 Å². The van der Waals surface area contributed by atoms with Gasteiger partial charge in [-0.25, -0.2) is 0 Å². The lowest BCUT2D eigenvalue weighted by Gasteiger charge is -2.33. The summed E-state index contributed by atoms with van der Waals surface area (Å²) in [5.74, 6) is 1.64. The molecule has 184 valence electrons. The molecule has 2 aliphatic rings. The van der Waals surface area contributed by atoms with Gasteiger partial charge in [-0.3, -0.25) is 4.79 Å². The van der Waals surface area contributed by atoms with Crippen LogP contribution < -0.4 is 16.4 Å². The first kappa shape index (κ1) is 24.6. The zero-order valence-corrected chi connectivity index (χ0v) is 21.6. The summed E-state index contributed by atoms with van der Waals surface area (Å²) in [6, 6.07) is 10.9. The van der Waals surface area contributed by atoms with E-state index in [4.69, 9.17) is 5.73 Å². The van der Waals surface area contributed by atoms with Crippen LogP contribution in [0, 0.1) is 33.6 Å². The molecule has 2 fully saturated rings. The fourth-order valence-electron chi connectivity index (χ4n) is 5.54. The van der Waals surface area contributed by atoms with Crippen molar-refractivity contribution in [3.8, 4) is 0 Å². The first-order valence-corrected chi connectivity index (χ1v) is 13.0. The molecule has 4 rings (SSSR count). The number of hydrogen-bond acceptors (Lipinski definition) is 4. The van der Waals surface area contributed by atoms with Gasteiger partial charge in [-0.15, -0.1) is 0 Å². The van der Waals surface area contributed by atoms with Gasteiger partial charge in [-0.05, 0) is 93.0 Å². The number of nitrogens with two attached hydrogens (primary N) is 1. The highest BCUT2D eigenvalue weighted by atomic mass is 16.2. The van der Waals surface area contributed by atoms with Crippen LogP contribution in [0.5, 0.6) is 0 Å². The fourth-order valence-corrected chi connectivity index (χ4v) is 5.54. The molecule has 1 saturated heterocycles. The summed E-state index contributed by atoms with van der Waals surface area (Å²) in [5.41, 5.74) is 14.1. The van der Waals surface area contributed by atoms with Crippen LogP contribution in [0.4, 0.5) is 11.4 Å². The maximum absolute atomic E-state index is 13.2. The number of carbonyl (C=O) groups is 1. The maximum atomic E-state index is 13.2. The number of amides is 1. The fraction of sp³-hybridized carbons (Fsp3) is 0.552. The number of hydrogen-bond donors (Lipinski definition) is 3. The van der Waals surface area contributed by atoms with E-state index in [-0.39, 0.29) is 18.0 Å². The molecule has 3 unspecified atom stereocenters. The third kappa shape index (κ3) is 5.25. The van der Waals surface area contributed by atoms with E-state index in [1.165, 1.54) is 18.5 Å². The Bertz CT molecular complexity index is 982. The molecule has 0 bridgehead atoms. The van der Waals surface area contributed by atoms with Crippen LogP contribution >= 0.6 is 0 Å². The number of piperidine rings is 1. The van der Waals surface area contributed by atoms with Crippen LogP contribution in [0.3, 0.4) is 0 Å². The molecule has 2 aromatic rings. The molecule has 2 aromatic carbocycles.